The molecule has 0 aromatic heterocycles. The van der Waals surface area contributed by atoms with Crippen molar-refractivity contribution in [2.45, 2.75) is 26.9 Å². The summed E-state index contributed by atoms with van der Waals surface area (Å²) in [6, 6.07) is 3.93. The maximum atomic E-state index is 12.0. The number of hydrogen-bond acceptors (Lipinski definition) is 3. The maximum Gasteiger partial charge on any atom is 0.193 e. The minimum absolute atomic E-state index is 0.204. The monoisotopic (exact) mass is 221 g/mol. The number of Topliss-reactive ketones (excluding diaryl/α,β-unsaturated/α-hetero) is 1. The summed E-state index contributed by atoms with van der Waals surface area (Å²) in [5.74, 6) is -0.204. The summed E-state index contributed by atoms with van der Waals surface area (Å²) in [6.45, 7) is 6.09. The molecule has 0 amide bonds. The van der Waals surface area contributed by atoms with E-state index in [0.29, 0.717) is 5.56 Å². The molecule has 0 aliphatic carbocycles. The van der Waals surface area contributed by atoms with Crippen LogP contribution in [0.2, 0.25) is 0 Å². The van der Waals surface area contributed by atoms with Gasteiger partial charge in [-0.15, -0.1) is 0 Å². The molecule has 0 aliphatic heterocycles. The molecule has 3 nitrogen and oxygen atoms in total. The fourth-order valence-corrected chi connectivity index (χ4v) is 2.02. The fraction of sp³-hybridized carbons (Fsp3) is 0.462. The number of benzene rings is 1. The largest absolute Gasteiger partial charge is 0.384 e. The van der Waals surface area contributed by atoms with Crippen molar-refractivity contribution in [1.29, 1.82) is 0 Å². The first-order valence-electron chi connectivity index (χ1n) is 5.42. The Labute approximate surface area is 96.5 Å². The highest BCUT2D eigenvalue weighted by Crippen LogP contribution is 2.18. The third kappa shape index (κ3) is 2.68. The van der Waals surface area contributed by atoms with Crippen LogP contribution in [-0.2, 0) is 0 Å². The van der Waals surface area contributed by atoms with Gasteiger partial charge >= 0.3 is 0 Å². The molecule has 88 valence electrons. The number of likely N-dealkylation sites (N-methyl/N-ethyl adjacent to an activating group) is 1. The van der Waals surface area contributed by atoms with Crippen LogP contribution < -0.4 is 5.32 Å². The Morgan fingerprint density at radius 3 is 2.25 bits per heavy atom. The summed E-state index contributed by atoms with van der Waals surface area (Å²) in [6.07, 6.45) is -0.967. The zero-order valence-electron chi connectivity index (χ0n) is 10.3. The lowest BCUT2D eigenvalue weighted by Gasteiger charge is -2.14. The maximum absolute atomic E-state index is 12.0. The molecule has 0 heterocycles. The Hall–Kier alpha value is -1.19. The van der Waals surface area contributed by atoms with Gasteiger partial charge in [-0.2, -0.15) is 0 Å². The zero-order chi connectivity index (χ0) is 12.3. The number of carbonyl (C=O) groups is 1. The molecule has 3 heteroatoms. The molecule has 0 saturated heterocycles. The van der Waals surface area contributed by atoms with Crippen molar-refractivity contribution in [3.8, 4) is 0 Å². The smallest absolute Gasteiger partial charge is 0.193 e. The average molecular weight is 221 g/mol. The fourth-order valence-electron chi connectivity index (χ4n) is 2.02. The number of aliphatic hydroxyl groups excluding tert-OH is 1. The molecular weight excluding hydrogens is 202 g/mol. The number of carbonyl (C=O) groups excluding carboxylic acids is 1. The minimum Gasteiger partial charge on any atom is -0.384 e. The lowest BCUT2D eigenvalue weighted by atomic mass is 9.94. The lowest BCUT2D eigenvalue weighted by molar-refractivity contribution is 0.0749. The molecule has 1 unspecified atom stereocenters. The Morgan fingerprint density at radius 2 is 1.81 bits per heavy atom. The highest BCUT2D eigenvalue weighted by Gasteiger charge is 2.20. The molecular formula is C13H19NO2. The van der Waals surface area contributed by atoms with Gasteiger partial charge in [-0.3, -0.25) is 4.79 Å². The van der Waals surface area contributed by atoms with Gasteiger partial charge in [-0.1, -0.05) is 17.7 Å². The van der Waals surface area contributed by atoms with Crippen molar-refractivity contribution in [1.82, 2.24) is 5.32 Å². The van der Waals surface area contributed by atoms with Crippen LogP contribution in [-0.4, -0.2) is 30.6 Å². The van der Waals surface area contributed by atoms with Crippen molar-refractivity contribution in [2.75, 3.05) is 13.6 Å². The number of hydrogen-bond donors (Lipinski definition) is 2. The van der Waals surface area contributed by atoms with Gasteiger partial charge in [0.05, 0.1) is 0 Å². The quantitative estimate of drug-likeness (QED) is 0.755. The van der Waals surface area contributed by atoms with Gasteiger partial charge in [-0.05, 0) is 38.9 Å². The van der Waals surface area contributed by atoms with Crippen LogP contribution in [0.4, 0.5) is 0 Å². The minimum atomic E-state index is -0.967. The molecule has 1 atom stereocenters. The van der Waals surface area contributed by atoms with Gasteiger partial charge in [0.25, 0.3) is 0 Å². The summed E-state index contributed by atoms with van der Waals surface area (Å²) >= 11 is 0. The summed E-state index contributed by atoms with van der Waals surface area (Å²) in [5.41, 5.74) is 3.64. The molecule has 0 radical (unpaired) electrons. The van der Waals surface area contributed by atoms with Crippen molar-refractivity contribution < 1.29 is 9.90 Å². The molecule has 0 spiro atoms. The molecule has 0 aliphatic rings. The highest BCUT2D eigenvalue weighted by molar-refractivity contribution is 6.02. The molecule has 0 fully saturated rings. The first-order chi connectivity index (χ1) is 7.47. The Morgan fingerprint density at radius 1 is 1.31 bits per heavy atom. The topological polar surface area (TPSA) is 49.3 Å². The van der Waals surface area contributed by atoms with Crippen molar-refractivity contribution in [3.05, 3.63) is 34.4 Å². The Balaban J connectivity index is 3.08. The number of aliphatic hydroxyl groups is 1. The number of nitrogens with one attached hydrogen (secondary N) is 1. The zero-order valence-corrected chi connectivity index (χ0v) is 10.3. The molecule has 1 aromatic rings. The van der Waals surface area contributed by atoms with Crippen LogP contribution in [0, 0.1) is 20.8 Å². The van der Waals surface area contributed by atoms with Crippen molar-refractivity contribution in [3.63, 3.8) is 0 Å². The second-order valence-electron chi connectivity index (χ2n) is 4.21. The van der Waals surface area contributed by atoms with Crippen LogP contribution in [0.5, 0.6) is 0 Å². The average Bonchev–Trinajstić information content (AvgIpc) is 2.16. The number of rotatable bonds is 4. The van der Waals surface area contributed by atoms with Crippen LogP contribution in [0.3, 0.4) is 0 Å². The van der Waals surface area contributed by atoms with E-state index in [0.717, 1.165) is 16.7 Å². The molecule has 2 N–H and O–H groups in total. The summed E-state index contributed by atoms with van der Waals surface area (Å²) < 4.78 is 0. The van der Waals surface area contributed by atoms with Crippen LogP contribution in [0.25, 0.3) is 0 Å². The standard InChI is InChI=1S/C13H19NO2/c1-8-5-9(2)12(10(3)6-8)13(16)11(15)7-14-4/h5-6,11,14-15H,7H2,1-4H3. The molecule has 0 bridgehead atoms. The van der Waals surface area contributed by atoms with Crippen molar-refractivity contribution in [2.24, 2.45) is 0 Å². The van der Waals surface area contributed by atoms with Gasteiger partial charge < -0.3 is 10.4 Å². The van der Waals surface area contributed by atoms with E-state index >= 15 is 0 Å². The van der Waals surface area contributed by atoms with E-state index in [1.165, 1.54) is 0 Å². The van der Waals surface area contributed by atoms with E-state index in [9.17, 15) is 9.90 Å². The molecule has 1 rings (SSSR count). The SMILES string of the molecule is CNCC(O)C(=O)c1c(C)cc(C)cc1C. The van der Waals surface area contributed by atoms with Gasteiger partial charge in [-0.25, -0.2) is 0 Å². The van der Waals surface area contributed by atoms with E-state index in [1.54, 1.807) is 7.05 Å². The predicted molar refractivity (Wildman–Crippen MR) is 64.9 cm³/mol. The van der Waals surface area contributed by atoms with Gasteiger partial charge in [0.1, 0.15) is 6.10 Å². The first kappa shape index (κ1) is 12.9. The van der Waals surface area contributed by atoms with E-state index in [2.05, 4.69) is 5.32 Å². The third-order valence-electron chi connectivity index (χ3n) is 2.62. The van der Waals surface area contributed by atoms with Gasteiger partial charge in [0, 0.05) is 12.1 Å². The van der Waals surface area contributed by atoms with Crippen LogP contribution in [0.1, 0.15) is 27.0 Å². The normalized spacial score (nSPS) is 12.6. The van der Waals surface area contributed by atoms with Crippen LogP contribution >= 0.6 is 0 Å². The van der Waals surface area contributed by atoms with Crippen LogP contribution in [0.15, 0.2) is 12.1 Å². The molecule has 1 aromatic carbocycles. The van der Waals surface area contributed by atoms with E-state index in [1.807, 2.05) is 32.9 Å². The Bertz CT molecular complexity index is 376. The third-order valence-corrected chi connectivity index (χ3v) is 2.62. The number of ketones is 1. The van der Waals surface area contributed by atoms with E-state index < -0.39 is 6.10 Å². The Kier molecular flexibility index (Phi) is 4.21. The highest BCUT2D eigenvalue weighted by atomic mass is 16.3. The summed E-state index contributed by atoms with van der Waals surface area (Å²) in [7, 11) is 1.71. The van der Waals surface area contributed by atoms with Crippen molar-refractivity contribution >= 4 is 5.78 Å². The van der Waals surface area contributed by atoms with E-state index in [4.69, 9.17) is 0 Å². The molecule has 16 heavy (non-hydrogen) atoms. The number of aryl methyl sites for hydroxylation is 3. The second-order valence-corrected chi connectivity index (χ2v) is 4.21. The summed E-state index contributed by atoms with van der Waals surface area (Å²) in [4.78, 5) is 12.0. The van der Waals surface area contributed by atoms with E-state index in [-0.39, 0.29) is 12.3 Å². The van der Waals surface area contributed by atoms with Gasteiger partial charge in [0.15, 0.2) is 5.78 Å². The summed E-state index contributed by atoms with van der Waals surface area (Å²) in [5, 5.41) is 12.5. The second kappa shape index (κ2) is 5.23. The molecule has 0 saturated carbocycles. The van der Waals surface area contributed by atoms with Gasteiger partial charge in [0.2, 0.25) is 0 Å². The lowest BCUT2D eigenvalue weighted by Crippen LogP contribution is -2.32. The predicted octanol–water partition coefficient (Wildman–Crippen LogP) is 1.37. The first-order valence-corrected chi connectivity index (χ1v) is 5.42.